The van der Waals surface area contributed by atoms with E-state index < -0.39 is 6.04 Å². The molecule has 3 atom stereocenters. The van der Waals surface area contributed by atoms with E-state index in [2.05, 4.69) is 43.3 Å². The molecular weight excluding hydrogens is 779 g/mol. The summed E-state index contributed by atoms with van der Waals surface area (Å²) in [7, 11) is 0. The third-order valence-corrected chi connectivity index (χ3v) is 12.1. The molecule has 11 heteroatoms. The average Bonchev–Trinajstić information content (AvgIpc) is 3.25. The molecule has 0 radical (unpaired) electrons. The van der Waals surface area contributed by atoms with Gasteiger partial charge < -0.3 is 31.6 Å². The molecule has 3 unspecified atom stereocenters. The number of hydrogen-bond acceptors (Lipinski definition) is 7. The summed E-state index contributed by atoms with van der Waals surface area (Å²) in [5.74, 6) is -0.500. The average molecular weight is 878 g/mol. The lowest BCUT2D eigenvalue weighted by molar-refractivity contribution is -0.150. The Labute approximate surface area is 381 Å². The van der Waals surface area contributed by atoms with Gasteiger partial charge in [-0.1, -0.05) is 182 Å². The van der Waals surface area contributed by atoms with E-state index in [1.807, 2.05) is 0 Å². The lowest BCUT2D eigenvalue weighted by Gasteiger charge is -2.18. The van der Waals surface area contributed by atoms with Gasteiger partial charge in [-0.2, -0.15) is 0 Å². The van der Waals surface area contributed by atoms with Crippen molar-refractivity contribution in [2.24, 2.45) is 28.3 Å². The first kappa shape index (κ1) is 59.1. The quantitative estimate of drug-likeness (QED) is 0.0202. The molecule has 0 aromatic carbocycles. The van der Waals surface area contributed by atoms with Crippen molar-refractivity contribution in [3.63, 3.8) is 0 Å². The minimum Gasteiger partial charge on any atom is -0.465 e. The Morgan fingerprint density at radius 2 is 0.839 bits per heavy atom. The van der Waals surface area contributed by atoms with Gasteiger partial charge in [0, 0.05) is 19.5 Å². The lowest BCUT2D eigenvalue weighted by Crippen LogP contribution is -2.47. The Morgan fingerprint density at radius 1 is 0.468 bits per heavy atom. The van der Waals surface area contributed by atoms with Crippen molar-refractivity contribution in [1.82, 2.24) is 10.6 Å². The largest absolute Gasteiger partial charge is 0.465 e. The highest BCUT2D eigenvalue weighted by Crippen LogP contribution is 2.22. The first-order valence-corrected chi connectivity index (χ1v) is 26.2. The zero-order valence-corrected chi connectivity index (χ0v) is 40.9. The van der Waals surface area contributed by atoms with Crippen LogP contribution in [0, 0.1) is 11.8 Å². The maximum Gasteiger partial charge on any atom is 0.308 e. The normalized spacial score (nSPS) is 12.6. The van der Waals surface area contributed by atoms with Crippen LogP contribution in [0.15, 0.2) is 4.99 Å². The number of nitrogens with two attached hydrogens (primary N) is 2. The highest BCUT2D eigenvalue weighted by molar-refractivity contribution is 5.87. The number of aliphatic imine (C=N–C) groups is 1. The predicted molar refractivity (Wildman–Crippen MR) is 259 cm³/mol. The van der Waals surface area contributed by atoms with Crippen LogP contribution < -0.4 is 22.1 Å². The van der Waals surface area contributed by atoms with Crippen LogP contribution in [0.4, 0.5) is 0 Å². The van der Waals surface area contributed by atoms with E-state index in [0.717, 1.165) is 103 Å². The maximum atomic E-state index is 13.1. The van der Waals surface area contributed by atoms with Crippen LogP contribution in [0.3, 0.4) is 0 Å². The summed E-state index contributed by atoms with van der Waals surface area (Å²) in [5, 5.41) is 5.87. The summed E-state index contributed by atoms with van der Waals surface area (Å²) in [4.78, 5) is 55.9. The summed E-state index contributed by atoms with van der Waals surface area (Å²) >= 11 is 0. The monoisotopic (exact) mass is 878 g/mol. The first-order valence-electron chi connectivity index (χ1n) is 26.2. The SMILES string of the molecule is CCCCCCCCC(CCCCCC)C(=O)OCCCCCCCCNC(=O)C(CCN=C(N)N)NC(=O)CCCCCOC(=O)C(CCCCCC)CCCCCCCC. The van der Waals surface area contributed by atoms with Gasteiger partial charge in [-0.3, -0.25) is 24.2 Å². The second-order valence-electron chi connectivity index (χ2n) is 18.0. The smallest absolute Gasteiger partial charge is 0.308 e. The first-order chi connectivity index (χ1) is 30.2. The molecule has 0 bridgehead atoms. The number of nitrogens with one attached hydrogen (secondary N) is 2. The molecule has 0 aliphatic heterocycles. The third-order valence-electron chi connectivity index (χ3n) is 12.1. The fourth-order valence-corrected chi connectivity index (χ4v) is 8.01. The number of unbranched alkanes of at least 4 members (excludes halogenated alkanes) is 23. The molecule has 0 spiro atoms. The van der Waals surface area contributed by atoms with Crippen LogP contribution in [0.2, 0.25) is 0 Å². The number of carbonyl (C=O) groups is 4. The molecule has 0 aromatic rings. The highest BCUT2D eigenvalue weighted by atomic mass is 16.5. The van der Waals surface area contributed by atoms with Crippen LogP contribution in [-0.2, 0) is 28.7 Å². The molecule has 0 fully saturated rings. The Balaban J connectivity index is 4.48. The Bertz CT molecular complexity index is 1100. The molecular formula is C51H99N5O6. The van der Waals surface area contributed by atoms with Crippen molar-refractivity contribution in [3.8, 4) is 0 Å². The van der Waals surface area contributed by atoms with Gasteiger partial charge in [0.05, 0.1) is 25.0 Å². The number of amides is 2. The van der Waals surface area contributed by atoms with Gasteiger partial charge >= 0.3 is 11.9 Å². The van der Waals surface area contributed by atoms with Gasteiger partial charge in [0.25, 0.3) is 0 Å². The zero-order valence-electron chi connectivity index (χ0n) is 40.9. The van der Waals surface area contributed by atoms with Crippen LogP contribution in [0.1, 0.15) is 252 Å². The molecule has 364 valence electrons. The van der Waals surface area contributed by atoms with E-state index in [-0.39, 0.29) is 54.5 Å². The second-order valence-corrected chi connectivity index (χ2v) is 18.0. The standard InChI is InChI=1S/C51H99N5O6/c1-5-9-13-17-21-28-36-44(34-26-15-11-7-3)49(59)61-42-32-24-20-19-23-31-40-54-48(58)46(39-41-55-51(52)53)56-47(57)38-30-25-33-43-62-50(60)45(35-27-16-12-8-4)37-29-22-18-14-10-6-2/h44-46H,5-43H2,1-4H3,(H,54,58)(H,56,57)(H4,52,53,55). The van der Waals surface area contributed by atoms with Crippen molar-refractivity contribution in [2.45, 2.75) is 258 Å². The van der Waals surface area contributed by atoms with E-state index in [9.17, 15) is 19.2 Å². The Hall–Kier alpha value is -2.85. The van der Waals surface area contributed by atoms with Crippen LogP contribution in [0.25, 0.3) is 0 Å². The fourth-order valence-electron chi connectivity index (χ4n) is 8.01. The molecule has 0 aromatic heterocycles. The maximum absolute atomic E-state index is 13.1. The van der Waals surface area contributed by atoms with E-state index in [1.165, 1.54) is 96.3 Å². The van der Waals surface area contributed by atoms with Gasteiger partial charge in [-0.15, -0.1) is 0 Å². The van der Waals surface area contributed by atoms with Crippen LogP contribution >= 0.6 is 0 Å². The van der Waals surface area contributed by atoms with Crippen molar-refractivity contribution in [2.75, 3.05) is 26.3 Å². The van der Waals surface area contributed by atoms with Crippen LogP contribution in [-0.4, -0.2) is 62.1 Å². The summed E-state index contributed by atoms with van der Waals surface area (Å²) in [6.07, 6.45) is 36.3. The summed E-state index contributed by atoms with van der Waals surface area (Å²) in [6.45, 7) is 10.5. The van der Waals surface area contributed by atoms with Crippen molar-refractivity contribution >= 4 is 29.7 Å². The van der Waals surface area contributed by atoms with Crippen molar-refractivity contribution in [3.05, 3.63) is 0 Å². The van der Waals surface area contributed by atoms with E-state index in [1.54, 1.807) is 0 Å². The number of ether oxygens (including phenoxy) is 2. The van der Waals surface area contributed by atoms with Gasteiger partial charge in [-0.05, 0) is 64.2 Å². The molecule has 0 aliphatic rings. The summed E-state index contributed by atoms with van der Waals surface area (Å²) in [5.41, 5.74) is 11.0. The summed E-state index contributed by atoms with van der Waals surface area (Å²) in [6, 6.07) is -0.725. The van der Waals surface area contributed by atoms with Gasteiger partial charge in [0.15, 0.2) is 5.96 Å². The molecule has 11 nitrogen and oxygen atoms in total. The molecule has 2 amide bonds. The second kappa shape index (κ2) is 44.7. The van der Waals surface area contributed by atoms with E-state index in [4.69, 9.17) is 20.9 Å². The number of nitrogens with zero attached hydrogens (tertiary/aromatic N) is 1. The number of hydrogen-bond donors (Lipinski definition) is 4. The molecule has 0 saturated carbocycles. The third kappa shape index (κ3) is 37.7. The van der Waals surface area contributed by atoms with E-state index >= 15 is 0 Å². The molecule has 6 N–H and O–H groups in total. The Morgan fingerprint density at radius 3 is 1.27 bits per heavy atom. The number of guanidine groups is 1. The number of carbonyl (C=O) groups excluding carboxylic acids is 4. The van der Waals surface area contributed by atoms with Crippen LogP contribution in [0.5, 0.6) is 0 Å². The van der Waals surface area contributed by atoms with Crippen molar-refractivity contribution in [1.29, 1.82) is 0 Å². The fraction of sp³-hybridized carbons (Fsp3) is 0.902. The molecule has 0 saturated heterocycles. The minimum atomic E-state index is -0.725. The van der Waals surface area contributed by atoms with Gasteiger partial charge in [0.1, 0.15) is 6.04 Å². The molecule has 62 heavy (non-hydrogen) atoms. The minimum absolute atomic E-state index is 0.00324. The lowest BCUT2D eigenvalue weighted by atomic mass is 9.94. The number of esters is 2. The Kier molecular flexibility index (Phi) is 42.7. The predicted octanol–water partition coefficient (Wildman–Crippen LogP) is 11.9. The summed E-state index contributed by atoms with van der Waals surface area (Å²) < 4.78 is 11.5. The highest BCUT2D eigenvalue weighted by Gasteiger charge is 2.22. The van der Waals surface area contributed by atoms with E-state index in [0.29, 0.717) is 39.0 Å². The molecule has 0 heterocycles. The topological polar surface area (TPSA) is 175 Å². The zero-order chi connectivity index (χ0) is 45.7. The molecule has 0 rings (SSSR count). The van der Waals surface area contributed by atoms with Gasteiger partial charge in [-0.25, -0.2) is 0 Å². The molecule has 0 aliphatic carbocycles. The number of rotatable bonds is 46. The van der Waals surface area contributed by atoms with Gasteiger partial charge in [0.2, 0.25) is 11.8 Å². The van der Waals surface area contributed by atoms with Crippen molar-refractivity contribution < 1.29 is 28.7 Å².